The number of nitrogens with zero attached hydrogens (tertiary/aromatic N) is 4. The molecular weight excluding hydrogens is 953 g/mol. The second kappa shape index (κ2) is 21.1. The largest absolute Gasteiger partial charge is 0.311 e. The highest BCUT2D eigenvalue weighted by Gasteiger charge is 2.26. The SMILES string of the molecule is c1ccc(N(c2ccccc2)c2ccc(-c3cc(N(c4ccccc4)c4ccccc4)c(-c4ccc(N(c5ccccc5)c5ccc6c(c5)sc5ccccc56)cc4)cc3N(c3ccccc3)c3ccccc3)cc2)cc1. The van der Waals surface area contributed by atoms with E-state index in [9.17, 15) is 0 Å². The van der Waals surface area contributed by atoms with Crippen molar-refractivity contribution in [2.24, 2.45) is 0 Å². The van der Waals surface area contributed by atoms with Crippen LogP contribution in [0.4, 0.5) is 68.2 Å². The van der Waals surface area contributed by atoms with Crippen molar-refractivity contribution in [2.45, 2.75) is 0 Å². The lowest BCUT2D eigenvalue weighted by atomic mass is 9.93. The summed E-state index contributed by atoms with van der Waals surface area (Å²) in [6.07, 6.45) is 0. The van der Waals surface area contributed by atoms with Gasteiger partial charge in [-0.1, -0.05) is 176 Å². The van der Waals surface area contributed by atoms with Crippen molar-refractivity contribution in [3.63, 3.8) is 0 Å². The molecule has 0 amide bonds. The van der Waals surface area contributed by atoms with Gasteiger partial charge in [0.05, 0.1) is 11.4 Å². The lowest BCUT2D eigenvalue weighted by Crippen LogP contribution is -2.15. The number of anilines is 12. The maximum Gasteiger partial charge on any atom is 0.0547 e. The van der Waals surface area contributed by atoms with E-state index in [1.807, 2.05) is 11.3 Å². The molecule has 0 saturated heterocycles. The molecule has 0 N–H and O–H groups in total. The van der Waals surface area contributed by atoms with Crippen molar-refractivity contribution in [1.82, 2.24) is 0 Å². The molecule has 12 aromatic carbocycles. The van der Waals surface area contributed by atoms with Gasteiger partial charge in [-0.05, 0) is 151 Å². The Kier molecular flexibility index (Phi) is 12.8. The van der Waals surface area contributed by atoms with E-state index in [-0.39, 0.29) is 0 Å². The Morgan fingerprint density at radius 2 is 0.468 bits per heavy atom. The molecule has 0 spiro atoms. The van der Waals surface area contributed by atoms with Crippen molar-refractivity contribution < 1.29 is 0 Å². The highest BCUT2D eigenvalue weighted by atomic mass is 32.1. The first-order valence-electron chi connectivity index (χ1n) is 26.1. The van der Waals surface area contributed by atoms with E-state index >= 15 is 0 Å². The monoisotopic (exact) mass is 1000 g/mol. The zero-order valence-corrected chi connectivity index (χ0v) is 43.0. The first kappa shape index (κ1) is 46.8. The molecule has 1 aromatic heterocycles. The molecule has 0 unspecified atom stereocenters. The molecule has 0 aliphatic carbocycles. The van der Waals surface area contributed by atoms with Gasteiger partial charge in [0.1, 0.15) is 0 Å². The van der Waals surface area contributed by atoms with Crippen LogP contribution in [0.2, 0.25) is 0 Å². The van der Waals surface area contributed by atoms with Gasteiger partial charge in [0, 0.05) is 88.2 Å². The van der Waals surface area contributed by atoms with Crippen LogP contribution in [-0.4, -0.2) is 0 Å². The van der Waals surface area contributed by atoms with Crippen molar-refractivity contribution in [3.8, 4) is 22.3 Å². The van der Waals surface area contributed by atoms with E-state index in [4.69, 9.17) is 0 Å². The standard InChI is InChI=1S/C72H52N4S/c1-8-24-55(25-9-1)73(56-26-10-2-11-27-56)62-44-40-53(41-45-62)67-51-70(76(60-34-18-6-19-35-60)61-36-20-7-21-37-61)68(52-69(67)75(58-30-14-4-15-31-58)59-32-16-5-17-33-59)54-42-46-63(47-43-54)74(57-28-12-3-13-29-57)64-48-49-66-65-38-22-23-39-71(65)77-72(66)50-64/h1-52H. The highest BCUT2D eigenvalue weighted by Crippen LogP contribution is 2.51. The van der Waals surface area contributed by atoms with E-state index in [0.29, 0.717) is 0 Å². The van der Waals surface area contributed by atoms with Crippen molar-refractivity contribution in [2.75, 3.05) is 19.6 Å². The van der Waals surface area contributed by atoms with Gasteiger partial charge in [-0.2, -0.15) is 0 Å². The van der Waals surface area contributed by atoms with Crippen LogP contribution in [0.1, 0.15) is 0 Å². The lowest BCUT2D eigenvalue weighted by Gasteiger charge is -2.33. The number of para-hydroxylation sites is 7. The fraction of sp³-hybridized carbons (Fsp3) is 0. The van der Waals surface area contributed by atoms with Crippen LogP contribution in [0.15, 0.2) is 315 Å². The van der Waals surface area contributed by atoms with E-state index in [0.717, 1.165) is 90.5 Å². The van der Waals surface area contributed by atoms with Crippen molar-refractivity contribution >= 4 is 99.8 Å². The smallest absolute Gasteiger partial charge is 0.0547 e. The van der Waals surface area contributed by atoms with E-state index in [2.05, 4.69) is 335 Å². The van der Waals surface area contributed by atoms with Gasteiger partial charge < -0.3 is 19.6 Å². The van der Waals surface area contributed by atoms with Gasteiger partial charge in [0.15, 0.2) is 0 Å². The maximum atomic E-state index is 2.41. The van der Waals surface area contributed by atoms with E-state index in [1.54, 1.807) is 0 Å². The molecule has 0 aliphatic rings. The molecule has 0 saturated carbocycles. The number of benzene rings is 12. The average Bonchev–Trinajstić information content (AvgIpc) is 3.90. The first-order valence-corrected chi connectivity index (χ1v) is 26.9. The van der Waals surface area contributed by atoms with Gasteiger partial charge >= 0.3 is 0 Å². The molecule has 77 heavy (non-hydrogen) atoms. The third-order valence-electron chi connectivity index (χ3n) is 14.2. The zero-order chi connectivity index (χ0) is 51.3. The molecule has 366 valence electrons. The summed E-state index contributed by atoms with van der Waals surface area (Å²) >= 11 is 1.85. The van der Waals surface area contributed by atoms with Gasteiger partial charge in [0.2, 0.25) is 0 Å². The summed E-state index contributed by atoms with van der Waals surface area (Å²) in [6.45, 7) is 0. The van der Waals surface area contributed by atoms with Crippen molar-refractivity contribution in [3.05, 3.63) is 315 Å². The molecule has 5 heteroatoms. The fourth-order valence-electron chi connectivity index (χ4n) is 10.6. The highest BCUT2D eigenvalue weighted by molar-refractivity contribution is 7.25. The summed E-state index contributed by atoms with van der Waals surface area (Å²) in [6, 6.07) is 114. The number of rotatable bonds is 14. The molecule has 0 bridgehead atoms. The summed E-state index contributed by atoms with van der Waals surface area (Å²) in [4.78, 5) is 9.50. The minimum Gasteiger partial charge on any atom is -0.311 e. The summed E-state index contributed by atoms with van der Waals surface area (Å²) < 4.78 is 2.56. The van der Waals surface area contributed by atoms with Gasteiger partial charge in [-0.15, -0.1) is 11.3 Å². The average molecular weight is 1010 g/mol. The predicted octanol–water partition coefficient (Wildman–Crippen LogP) is 21.3. The fourth-order valence-corrected chi connectivity index (χ4v) is 11.8. The Morgan fingerprint density at radius 3 is 0.831 bits per heavy atom. The quantitative estimate of drug-likeness (QED) is 0.108. The van der Waals surface area contributed by atoms with Gasteiger partial charge in [0.25, 0.3) is 0 Å². The maximum absolute atomic E-state index is 2.41. The van der Waals surface area contributed by atoms with Crippen LogP contribution < -0.4 is 19.6 Å². The molecule has 1 heterocycles. The summed E-state index contributed by atoms with van der Waals surface area (Å²) in [5.41, 5.74) is 17.2. The number of thiophene rings is 1. The Labute approximate surface area is 454 Å². The molecule has 13 aromatic rings. The van der Waals surface area contributed by atoms with Crippen molar-refractivity contribution in [1.29, 1.82) is 0 Å². The normalized spacial score (nSPS) is 11.1. The summed E-state index contributed by atoms with van der Waals surface area (Å²) in [5, 5.41) is 2.58. The number of fused-ring (bicyclic) bond motifs is 3. The Balaban J connectivity index is 1.03. The topological polar surface area (TPSA) is 13.0 Å². The van der Waals surface area contributed by atoms with E-state index in [1.165, 1.54) is 20.2 Å². The molecule has 0 aliphatic heterocycles. The van der Waals surface area contributed by atoms with Gasteiger partial charge in [-0.3, -0.25) is 0 Å². The van der Waals surface area contributed by atoms with Gasteiger partial charge in [-0.25, -0.2) is 0 Å². The molecule has 13 rings (SSSR count). The third kappa shape index (κ3) is 9.37. The molecule has 4 nitrogen and oxygen atoms in total. The Morgan fingerprint density at radius 1 is 0.195 bits per heavy atom. The minimum absolute atomic E-state index is 1.05. The number of hydrogen-bond acceptors (Lipinski definition) is 5. The van der Waals surface area contributed by atoms with Crippen LogP contribution in [0, 0.1) is 0 Å². The van der Waals surface area contributed by atoms with Crippen LogP contribution in [0.25, 0.3) is 42.4 Å². The Hall–Kier alpha value is -9.94. The minimum atomic E-state index is 1.05. The molecule has 0 radical (unpaired) electrons. The second-order valence-corrected chi connectivity index (χ2v) is 20.0. The molecular formula is C72H52N4S. The lowest BCUT2D eigenvalue weighted by molar-refractivity contribution is 1.25. The summed E-state index contributed by atoms with van der Waals surface area (Å²) in [7, 11) is 0. The predicted molar refractivity (Wildman–Crippen MR) is 329 cm³/mol. The number of hydrogen-bond donors (Lipinski definition) is 0. The van der Waals surface area contributed by atoms with Crippen LogP contribution in [0.5, 0.6) is 0 Å². The van der Waals surface area contributed by atoms with Crippen LogP contribution in [0.3, 0.4) is 0 Å². The van der Waals surface area contributed by atoms with E-state index < -0.39 is 0 Å². The Bertz CT molecular complexity index is 3940. The van der Waals surface area contributed by atoms with Crippen LogP contribution in [-0.2, 0) is 0 Å². The first-order chi connectivity index (χ1) is 38.2. The second-order valence-electron chi connectivity index (χ2n) is 18.9. The zero-order valence-electron chi connectivity index (χ0n) is 42.2. The van der Waals surface area contributed by atoms with Crippen LogP contribution >= 0.6 is 11.3 Å². The third-order valence-corrected chi connectivity index (χ3v) is 15.3. The molecule has 0 atom stereocenters. The molecule has 0 fully saturated rings. The summed E-state index contributed by atoms with van der Waals surface area (Å²) in [5.74, 6) is 0.